The highest BCUT2D eigenvalue weighted by Gasteiger charge is 2.55. The summed E-state index contributed by atoms with van der Waals surface area (Å²) in [4.78, 5) is 33.8. The van der Waals surface area contributed by atoms with Gasteiger partial charge in [0.2, 0.25) is 0 Å². The van der Waals surface area contributed by atoms with Crippen LogP contribution in [-0.4, -0.2) is 41.6 Å². The highest BCUT2D eigenvalue weighted by atomic mass is 16.4. The number of hydrogen-bond donors (Lipinski definition) is 1. The Balaban J connectivity index is 1.48. The number of carboxylic acids is 1. The SMILES string of the molecule is O=C(c1cccnc1N1C[C@@H]2CCC[C@@]2(C(=O)O)C1)N1CCc2ccccc21. The molecule has 0 spiro atoms. The van der Waals surface area contributed by atoms with Crippen LogP contribution in [0.25, 0.3) is 0 Å². The fourth-order valence-electron chi connectivity index (χ4n) is 5.31. The maximum Gasteiger partial charge on any atom is 0.311 e. The third-order valence-electron chi connectivity index (χ3n) is 6.75. The second-order valence-corrected chi connectivity index (χ2v) is 8.14. The molecular weight excluding hydrogens is 354 g/mol. The molecule has 1 saturated heterocycles. The highest BCUT2D eigenvalue weighted by Crippen LogP contribution is 2.50. The highest BCUT2D eigenvalue weighted by molar-refractivity contribution is 6.10. The van der Waals surface area contributed by atoms with Gasteiger partial charge in [-0.15, -0.1) is 0 Å². The van der Waals surface area contributed by atoms with Crippen molar-refractivity contribution in [1.29, 1.82) is 0 Å². The lowest BCUT2D eigenvalue weighted by Crippen LogP contribution is -2.36. The summed E-state index contributed by atoms with van der Waals surface area (Å²) in [5.41, 5.74) is 2.00. The number of fused-ring (bicyclic) bond motifs is 2. The molecular formula is C22H23N3O3. The van der Waals surface area contributed by atoms with Crippen LogP contribution in [0.1, 0.15) is 35.2 Å². The Morgan fingerprint density at radius 2 is 2.04 bits per heavy atom. The predicted octanol–water partition coefficient (Wildman–Crippen LogP) is 2.98. The van der Waals surface area contributed by atoms with E-state index in [0.717, 1.165) is 24.9 Å². The lowest BCUT2D eigenvalue weighted by Gasteiger charge is -2.25. The smallest absolute Gasteiger partial charge is 0.311 e. The first-order valence-electron chi connectivity index (χ1n) is 9.93. The Labute approximate surface area is 163 Å². The summed E-state index contributed by atoms with van der Waals surface area (Å²) in [6.07, 6.45) is 5.14. The molecule has 0 unspecified atom stereocenters. The van der Waals surface area contributed by atoms with Crippen molar-refractivity contribution < 1.29 is 14.7 Å². The molecule has 1 saturated carbocycles. The number of carbonyl (C=O) groups excluding carboxylic acids is 1. The van der Waals surface area contributed by atoms with Crippen LogP contribution >= 0.6 is 0 Å². The molecule has 28 heavy (non-hydrogen) atoms. The number of para-hydroxylation sites is 1. The second-order valence-electron chi connectivity index (χ2n) is 8.14. The summed E-state index contributed by atoms with van der Waals surface area (Å²) >= 11 is 0. The fourth-order valence-corrected chi connectivity index (χ4v) is 5.31. The molecule has 1 aliphatic carbocycles. The average molecular weight is 377 g/mol. The van der Waals surface area contributed by atoms with Gasteiger partial charge in [-0.3, -0.25) is 9.59 Å². The Morgan fingerprint density at radius 1 is 1.18 bits per heavy atom. The summed E-state index contributed by atoms with van der Waals surface area (Å²) in [7, 11) is 0. The van der Waals surface area contributed by atoms with Gasteiger partial charge in [-0.05, 0) is 48.9 Å². The van der Waals surface area contributed by atoms with Gasteiger partial charge in [0.1, 0.15) is 5.82 Å². The zero-order chi connectivity index (χ0) is 19.3. The van der Waals surface area contributed by atoms with Gasteiger partial charge in [0.25, 0.3) is 5.91 Å². The van der Waals surface area contributed by atoms with Gasteiger partial charge >= 0.3 is 5.97 Å². The minimum Gasteiger partial charge on any atom is -0.481 e. The molecule has 6 nitrogen and oxygen atoms in total. The number of carboxylic acid groups (broad SMARTS) is 1. The number of aliphatic carboxylic acids is 1. The lowest BCUT2D eigenvalue weighted by molar-refractivity contribution is -0.149. The first-order chi connectivity index (χ1) is 13.6. The van der Waals surface area contributed by atoms with Gasteiger partial charge in [-0.25, -0.2) is 4.98 Å². The summed E-state index contributed by atoms with van der Waals surface area (Å²) in [6, 6.07) is 11.6. The molecule has 2 aromatic rings. The van der Waals surface area contributed by atoms with Crippen LogP contribution in [-0.2, 0) is 11.2 Å². The Morgan fingerprint density at radius 3 is 2.86 bits per heavy atom. The van der Waals surface area contributed by atoms with E-state index in [1.807, 2.05) is 34.1 Å². The molecule has 144 valence electrons. The first-order valence-corrected chi connectivity index (χ1v) is 9.93. The monoisotopic (exact) mass is 377 g/mol. The van der Waals surface area contributed by atoms with Crippen LogP contribution in [0.2, 0.25) is 0 Å². The van der Waals surface area contributed by atoms with E-state index in [0.29, 0.717) is 37.4 Å². The Bertz CT molecular complexity index is 960. The predicted molar refractivity (Wildman–Crippen MR) is 106 cm³/mol. The molecule has 3 heterocycles. The van der Waals surface area contributed by atoms with Crippen molar-refractivity contribution in [2.45, 2.75) is 25.7 Å². The fraction of sp³-hybridized carbons (Fsp3) is 0.409. The van der Waals surface area contributed by atoms with E-state index < -0.39 is 11.4 Å². The number of amides is 1. The summed E-state index contributed by atoms with van der Waals surface area (Å²) in [6.45, 7) is 1.75. The largest absolute Gasteiger partial charge is 0.481 e. The van der Waals surface area contributed by atoms with Crippen molar-refractivity contribution in [1.82, 2.24) is 4.98 Å². The molecule has 1 amide bonds. The number of benzene rings is 1. The van der Waals surface area contributed by atoms with E-state index in [1.54, 1.807) is 12.3 Å². The van der Waals surface area contributed by atoms with Gasteiger partial charge in [-0.2, -0.15) is 0 Å². The molecule has 1 aromatic heterocycles. The van der Waals surface area contributed by atoms with Crippen molar-refractivity contribution in [3.05, 3.63) is 53.7 Å². The van der Waals surface area contributed by atoms with Crippen molar-refractivity contribution >= 4 is 23.4 Å². The van der Waals surface area contributed by atoms with Crippen LogP contribution in [0, 0.1) is 11.3 Å². The maximum absolute atomic E-state index is 13.4. The molecule has 3 aliphatic rings. The van der Waals surface area contributed by atoms with Gasteiger partial charge in [-0.1, -0.05) is 24.6 Å². The van der Waals surface area contributed by atoms with E-state index >= 15 is 0 Å². The lowest BCUT2D eigenvalue weighted by atomic mass is 9.81. The van der Waals surface area contributed by atoms with Crippen LogP contribution in [0.15, 0.2) is 42.6 Å². The van der Waals surface area contributed by atoms with E-state index in [4.69, 9.17) is 0 Å². The zero-order valence-electron chi connectivity index (χ0n) is 15.7. The molecule has 1 aromatic carbocycles. The Hall–Kier alpha value is -2.89. The molecule has 6 heteroatoms. The number of pyridine rings is 1. The summed E-state index contributed by atoms with van der Waals surface area (Å²) in [5.74, 6) is -0.0290. The minimum atomic E-state index is -0.713. The normalized spacial score (nSPS) is 25.6. The van der Waals surface area contributed by atoms with Crippen molar-refractivity contribution in [3.63, 3.8) is 0 Å². The van der Waals surface area contributed by atoms with Crippen molar-refractivity contribution in [3.8, 4) is 0 Å². The molecule has 2 aliphatic heterocycles. The average Bonchev–Trinajstić information content (AvgIpc) is 3.40. The number of anilines is 2. The van der Waals surface area contributed by atoms with Crippen LogP contribution in [0.3, 0.4) is 0 Å². The van der Waals surface area contributed by atoms with E-state index in [1.165, 1.54) is 5.56 Å². The molecule has 2 atom stereocenters. The third kappa shape index (κ3) is 2.44. The zero-order valence-corrected chi connectivity index (χ0v) is 15.7. The molecule has 1 N–H and O–H groups in total. The van der Waals surface area contributed by atoms with Crippen molar-refractivity contribution in [2.75, 3.05) is 29.4 Å². The van der Waals surface area contributed by atoms with E-state index in [9.17, 15) is 14.7 Å². The summed E-state index contributed by atoms with van der Waals surface area (Å²) < 4.78 is 0. The van der Waals surface area contributed by atoms with Gasteiger partial charge in [0, 0.05) is 31.5 Å². The van der Waals surface area contributed by atoms with Gasteiger partial charge in [0.05, 0.1) is 11.0 Å². The number of aromatic nitrogens is 1. The van der Waals surface area contributed by atoms with Gasteiger partial charge in [0.15, 0.2) is 0 Å². The van der Waals surface area contributed by atoms with Crippen LogP contribution in [0.4, 0.5) is 11.5 Å². The topological polar surface area (TPSA) is 73.7 Å². The van der Waals surface area contributed by atoms with E-state index in [2.05, 4.69) is 11.1 Å². The summed E-state index contributed by atoms with van der Waals surface area (Å²) in [5, 5.41) is 9.88. The molecule has 5 rings (SSSR count). The number of nitrogens with zero attached hydrogens (tertiary/aromatic N) is 3. The molecule has 2 fully saturated rings. The minimum absolute atomic E-state index is 0.0607. The second kappa shape index (κ2) is 6.33. The van der Waals surface area contributed by atoms with E-state index in [-0.39, 0.29) is 11.8 Å². The first kappa shape index (κ1) is 17.2. The quantitative estimate of drug-likeness (QED) is 0.890. The number of rotatable bonds is 3. The standard InChI is InChI=1S/C22H23N3O3/c26-20(25-12-9-15-5-1-2-8-18(15)25)17-7-4-11-23-19(17)24-13-16-6-3-10-22(16,14-24)21(27)28/h1-2,4-5,7-8,11,16H,3,6,9-10,12-14H2,(H,27,28)/t16-,22+/m0/s1. The third-order valence-corrected chi connectivity index (χ3v) is 6.75. The molecule has 0 bridgehead atoms. The van der Waals surface area contributed by atoms with Gasteiger partial charge < -0.3 is 14.9 Å². The van der Waals surface area contributed by atoms with Crippen LogP contribution < -0.4 is 9.80 Å². The number of carbonyl (C=O) groups is 2. The Kier molecular flexibility index (Phi) is 3.89. The molecule has 0 radical (unpaired) electrons. The number of hydrogen-bond acceptors (Lipinski definition) is 4. The van der Waals surface area contributed by atoms with Crippen LogP contribution in [0.5, 0.6) is 0 Å². The van der Waals surface area contributed by atoms with Crippen molar-refractivity contribution in [2.24, 2.45) is 11.3 Å². The maximum atomic E-state index is 13.4.